The van der Waals surface area contributed by atoms with Crippen molar-refractivity contribution in [1.29, 1.82) is 0 Å². The van der Waals surface area contributed by atoms with Crippen molar-refractivity contribution in [1.82, 2.24) is 5.32 Å². The number of thiophene rings is 1. The van der Waals surface area contributed by atoms with Gasteiger partial charge >= 0.3 is 12.0 Å². The summed E-state index contributed by atoms with van der Waals surface area (Å²) in [5.74, 6) is -1.65. The largest absolute Gasteiger partial charge is 0.448 e. The first-order chi connectivity index (χ1) is 11.8. The summed E-state index contributed by atoms with van der Waals surface area (Å²) >= 11 is 1.24. The number of carbonyl (C=O) groups excluding carboxylic acids is 3. The fourth-order valence-corrected chi connectivity index (χ4v) is 3.08. The first kappa shape index (κ1) is 18.7. The van der Waals surface area contributed by atoms with E-state index in [-0.39, 0.29) is 5.92 Å². The summed E-state index contributed by atoms with van der Waals surface area (Å²) in [5.41, 5.74) is 7.71. The minimum absolute atomic E-state index is 0.314. The van der Waals surface area contributed by atoms with Crippen molar-refractivity contribution in [2.24, 2.45) is 11.7 Å². The average molecular weight is 360 g/mol. The molecule has 0 aliphatic carbocycles. The van der Waals surface area contributed by atoms with Gasteiger partial charge in [-0.25, -0.2) is 9.59 Å². The Kier molecular flexibility index (Phi) is 5.93. The topological polar surface area (TPSA) is 98.5 Å². The van der Waals surface area contributed by atoms with E-state index in [1.807, 2.05) is 42.6 Å². The number of esters is 1. The SMILES string of the molecule is Cc1ccc(-c2ccsc2C(=O)O[C@@H](C(=O)NC(N)=O)C(C)C)cc1. The predicted octanol–water partition coefficient (Wildman–Crippen LogP) is 3.10. The standard InChI is InChI=1S/C18H20N2O4S/c1-10(2)14(16(21)20-18(19)23)24-17(22)15-13(8-9-25-15)12-6-4-11(3)5-7-12/h4-10,14H,1-3H3,(H3,19,20,21,23)/t14-/m1/s1. The van der Waals surface area contributed by atoms with E-state index in [0.29, 0.717) is 4.88 Å². The Morgan fingerprint density at radius 2 is 1.76 bits per heavy atom. The number of nitrogens with one attached hydrogen (secondary N) is 1. The Morgan fingerprint density at radius 3 is 2.32 bits per heavy atom. The maximum absolute atomic E-state index is 12.6. The number of rotatable bonds is 5. The van der Waals surface area contributed by atoms with Crippen LogP contribution in [0.3, 0.4) is 0 Å². The van der Waals surface area contributed by atoms with Crippen LogP contribution in [0, 0.1) is 12.8 Å². The average Bonchev–Trinajstić information content (AvgIpc) is 3.01. The molecular weight excluding hydrogens is 340 g/mol. The third kappa shape index (κ3) is 4.67. The molecule has 0 spiro atoms. The monoisotopic (exact) mass is 360 g/mol. The summed E-state index contributed by atoms with van der Waals surface area (Å²) in [5, 5.41) is 3.74. The summed E-state index contributed by atoms with van der Waals surface area (Å²) in [4.78, 5) is 35.8. The van der Waals surface area contributed by atoms with Crippen molar-refractivity contribution in [2.75, 3.05) is 0 Å². The molecule has 0 saturated carbocycles. The fraction of sp³-hybridized carbons (Fsp3) is 0.278. The highest BCUT2D eigenvalue weighted by molar-refractivity contribution is 7.12. The molecule has 132 valence electrons. The number of benzene rings is 1. The Bertz CT molecular complexity index is 781. The van der Waals surface area contributed by atoms with E-state index >= 15 is 0 Å². The van der Waals surface area contributed by atoms with Crippen LogP contribution in [0.5, 0.6) is 0 Å². The molecule has 6 nitrogen and oxygen atoms in total. The Balaban J connectivity index is 2.23. The second kappa shape index (κ2) is 7.94. The van der Waals surface area contributed by atoms with Crippen LogP contribution >= 0.6 is 11.3 Å². The number of hydrogen-bond acceptors (Lipinski definition) is 5. The van der Waals surface area contributed by atoms with Crippen LogP contribution in [0.1, 0.15) is 29.1 Å². The maximum atomic E-state index is 12.6. The van der Waals surface area contributed by atoms with Gasteiger partial charge in [0.25, 0.3) is 5.91 Å². The third-order valence-electron chi connectivity index (χ3n) is 3.56. The molecule has 0 unspecified atom stereocenters. The van der Waals surface area contributed by atoms with Crippen LogP contribution in [-0.2, 0) is 9.53 Å². The number of ether oxygens (including phenoxy) is 1. The molecular formula is C18H20N2O4S. The van der Waals surface area contributed by atoms with Gasteiger partial charge in [-0.1, -0.05) is 43.7 Å². The van der Waals surface area contributed by atoms with Gasteiger partial charge in [0, 0.05) is 5.56 Å². The van der Waals surface area contributed by atoms with Gasteiger partial charge in [0.2, 0.25) is 0 Å². The van der Waals surface area contributed by atoms with Crippen LogP contribution in [0.4, 0.5) is 4.79 Å². The van der Waals surface area contributed by atoms with Gasteiger partial charge in [-0.3, -0.25) is 10.1 Å². The lowest BCUT2D eigenvalue weighted by molar-refractivity contribution is -0.130. The Hall–Kier alpha value is -2.67. The van der Waals surface area contributed by atoms with Crippen molar-refractivity contribution in [3.8, 4) is 11.1 Å². The Labute approximate surface area is 150 Å². The molecule has 0 fully saturated rings. The van der Waals surface area contributed by atoms with E-state index in [4.69, 9.17) is 10.5 Å². The minimum atomic E-state index is -1.10. The van der Waals surface area contributed by atoms with Crippen molar-refractivity contribution in [2.45, 2.75) is 26.9 Å². The van der Waals surface area contributed by atoms with Gasteiger partial charge in [-0.15, -0.1) is 11.3 Å². The summed E-state index contributed by atoms with van der Waals surface area (Å²) < 4.78 is 5.36. The molecule has 25 heavy (non-hydrogen) atoms. The zero-order valence-corrected chi connectivity index (χ0v) is 15.1. The highest BCUT2D eigenvalue weighted by atomic mass is 32.1. The van der Waals surface area contributed by atoms with Crippen LogP contribution in [0.2, 0.25) is 0 Å². The highest BCUT2D eigenvalue weighted by Gasteiger charge is 2.29. The lowest BCUT2D eigenvalue weighted by Crippen LogP contribution is -2.45. The van der Waals surface area contributed by atoms with Gasteiger partial charge < -0.3 is 10.5 Å². The molecule has 1 atom stereocenters. The molecule has 1 aromatic carbocycles. The maximum Gasteiger partial charge on any atom is 0.349 e. The molecule has 2 rings (SSSR count). The summed E-state index contributed by atoms with van der Waals surface area (Å²) in [7, 11) is 0. The van der Waals surface area contributed by atoms with Gasteiger partial charge in [-0.05, 0) is 29.9 Å². The summed E-state index contributed by atoms with van der Waals surface area (Å²) in [6.45, 7) is 5.42. The van der Waals surface area contributed by atoms with Crippen molar-refractivity contribution < 1.29 is 19.1 Å². The quantitative estimate of drug-likeness (QED) is 0.800. The van der Waals surface area contributed by atoms with Crippen LogP contribution in [-0.4, -0.2) is 24.0 Å². The van der Waals surface area contributed by atoms with E-state index in [2.05, 4.69) is 0 Å². The molecule has 3 N–H and O–H groups in total. The molecule has 2 aromatic rings. The van der Waals surface area contributed by atoms with E-state index in [0.717, 1.165) is 16.7 Å². The van der Waals surface area contributed by atoms with E-state index in [1.54, 1.807) is 19.2 Å². The predicted molar refractivity (Wildman–Crippen MR) is 96.3 cm³/mol. The van der Waals surface area contributed by atoms with Gasteiger partial charge in [0.05, 0.1) is 0 Å². The van der Waals surface area contributed by atoms with Crippen molar-refractivity contribution in [3.05, 3.63) is 46.2 Å². The van der Waals surface area contributed by atoms with Crippen molar-refractivity contribution >= 4 is 29.2 Å². The van der Waals surface area contributed by atoms with Crippen molar-refractivity contribution in [3.63, 3.8) is 0 Å². The van der Waals surface area contributed by atoms with Crippen LogP contribution < -0.4 is 11.1 Å². The zero-order chi connectivity index (χ0) is 18.6. The molecule has 1 heterocycles. The molecule has 0 bridgehead atoms. The number of aryl methyl sites for hydroxylation is 1. The number of hydrogen-bond donors (Lipinski definition) is 2. The number of imide groups is 1. The fourth-order valence-electron chi connectivity index (χ4n) is 2.28. The number of urea groups is 1. The molecule has 0 aliphatic rings. The molecule has 3 amide bonds. The second-order valence-corrected chi connectivity index (χ2v) is 6.87. The molecule has 0 aliphatic heterocycles. The lowest BCUT2D eigenvalue weighted by Gasteiger charge is -2.19. The third-order valence-corrected chi connectivity index (χ3v) is 4.45. The minimum Gasteiger partial charge on any atom is -0.448 e. The normalized spacial score (nSPS) is 11.8. The molecule has 7 heteroatoms. The van der Waals surface area contributed by atoms with E-state index in [1.165, 1.54) is 11.3 Å². The van der Waals surface area contributed by atoms with Gasteiger partial charge in [-0.2, -0.15) is 0 Å². The summed E-state index contributed by atoms with van der Waals surface area (Å²) in [6, 6.07) is 8.61. The molecule has 0 radical (unpaired) electrons. The van der Waals surface area contributed by atoms with E-state index < -0.39 is 24.0 Å². The van der Waals surface area contributed by atoms with Crippen LogP contribution in [0.15, 0.2) is 35.7 Å². The lowest BCUT2D eigenvalue weighted by atomic mass is 10.0. The number of nitrogens with two attached hydrogens (primary N) is 1. The van der Waals surface area contributed by atoms with Crippen LogP contribution in [0.25, 0.3) is 11.1 Å². The smallest absolute Gasteiger partial charge is 0.349 e. The number of primary amides is 1. The second-order valence-electron chi connectivity index (χ2n) is 5.95. The highest BCUT2D eigenvalue weighted by Crippen LogP contribution is 2.29. The molecule has 0 saturated heterocycles. The molecule has 1 aromatic heterocycles. The number of amides is 3. The Morgan fingerprint density at radius 1 is 1.12 bits per heavy atom. The zero-order valence-electron chi connectivity index (χ0n) is 14.2. The first-order valence-corrected chi connectivity index (χ1v) is 8.63. The van der Waals surface area contributed by atoms with Gasteiger partial charge in [0.1, 0.15) is 4.88 Å². The summed E-state index contributed by atoms with van der Waals surface area (Å²) in [6.07, 6.45) is -1.10. The first-order valence-electron chi connectivity index (χ1n) is 7.75. The number of carbonyl (C=O) groups is 3. The van der Waals surface area contributed by atoms with E-state index in [9.17, 15) is 14.4 Å². The van der Waals surface area contributed by atoms with Gasteiger partial charge in [0.15, 0.2) is 6.10 Å².